The number of rotatable bonds is 5. The summed E-state index contributed by atoms with van der Waals surface area (Å²) in [5.41, 5.74) is 0. The SMILES string of the molecule is CC(C)CNC(=O)[C@@H]1CCCN1S(=O)(=O)c1ccc(F)cc1. The van der Waals surface area contributed by atoms with Crippen LogP contribution in [-0.4, -0.2) is 37.8 Å². The first-order valence-corrected chi connectivity index (χ1v) is 8.81. The molecule has 7 heteroatoms. The molecule has 1 aromatic carbocycles. The maximum absolute atomic E-state index is 13.0. The van der Waals surface area contributed by atoms with Gasteiger partial charge in [0.25, 0.3) is 0 Å². The van der Waals surface area contributed by atoms with Gasteiger partial charge >= 0.3 is 0 Å². The molecule has 1 aromatic rings. The predicted octanol–water partition coefficient (Wildman–Crippen LogP) is 1.75. The van der Waals surface area contributed by atoms with Crippen LogP contribution in [0.15, 0.2) is 29.2 Å². The van der Waals surface area contributed by atoms with Crippen LogP contribution in [0.3, 0.4) is 0 Å². The van der Waals surface area contributed by atoms with E-state index in [0.717, 1.165) is 12.1 Å². The summed E-state index contributed by atoms with van der Waals surface area (Å²) in [6.45, 7) is 4.77. The van der Waals surface area contributed by atoms with Crippen molar-refractivity contribution in [1.82, 2.24) is 9.62 Å². The highest BCUT2D eigenvalue weighted by Gasteiger charge is 2.39. The van der Waals surface area contributed by atoms with E-state index in [-0.39, 0.29) is 10.8 Å². The van der Waals surface area contributed by atoms with E-state index in [9.17, 15) is 17.6 Å². The molecule has 1 atom stereocenters. The monoisotopic (exact) mass is 328 g/mol. The summed E-state index contributed by atoms with van der Waals surface area (Å²) in [6, 6.07) is 3.99. The van der Waals surface area contributed by atoms with E-state index in [1.54, 1.807) is 0 Å². The van der Waals surface area contributed by atoms with Crippen molar-refractivity contribution in [2.45, 2.75) is 37.6 Å². The third-order valence-electron chi connectivity index (χ3n) is 3.61. The number of carbonyl (C=O) groups is 1. The molecule has 0 unspecified atom stereocenters. The Labute approximate surface area is 130 Å². The van der Waals surface area contributed by atoms with Gasteiger partial charge < -0.3 is 5.32 Å². The maximum atomic E-state index is 13.0. The Balaban J connectivity index is 2.18. The number of halogens is 1. The van der Waals surface area contributed by atoms with Crippen molar-refractivity contribution < 1.29 is 17.6 Å². The highest BCUT2D eigenvalue weighted by atomic mass is 32.2. The van der Waals surface area contributed by atoms with Gasteiger partial charge in [-0.15, -0.1) is 0 Å². The molecule has 1 amide bonds. The number of carbonyl (C=O) groups excluding carboxylic acids is 1. The lowest BCUT2D eigenvalue weighted by molar-refractivity contribution is -0.124. The molecule has 0 radical (unpaired) electrons. The summed E-state index contributed by atoms with van der Waals surface area (Å²) in [5, 5.41) is 2.78. The average Bonchev–Trinajstić information content (AvgIpc) is 2.95. The second-order valence-corrected chi connectivity index (χ2v) is 7.76. The van der Waals surface area contributed by atoms with Gasteiger partial charge in [-0.2, -0.15) is 4.31 Å². The molecular weight excluding hydrogens is 307 g/mol. The molecular formula is C15H21FN2O3S. The third kappa shape index (κ3) is 3.64. The molecule has 0 spiro atoms. The molecule has 1 saturated heterocycles. The second-order valence-electron chi connectivity index (χ2n) is 5.87. The lowest BCUT2D eigenvalue weighted by atomic mass is 10.2. The van der Waals surface area contributed by atoms with Gasteiger partial charge in [0.05, 0.1) is 4.90 Å². The standard InChI is InChI=1S/C15H21FN2O3S/c1-11(2)10-17-15(19)14-4-3-9-18(14)22(20,21)13-7-5-12(16)6-8-13/h5-8,11,14H,3-4,9-10H2,1-2H3,(H,17,19)/t14-/m0/s1. The molecule has 1 fully saturated rings. The largest absolute Gasteiger partial charge is 0.354 e. The van der Waals surface area contributed by atoms with Crippen molar-refractivity contribution in [2.24, 2.45) is 5.92 Å². The number of benzene rings is 1. The first kappa shape index (κ1) is 16.9. The van der Waals surface area contributed by atoms with Gasteiger partial charge in [-0.3, -0.25) is 4.79 Å². The minimum absolute atomic E-state index is 0.0115. The predicted molar refractivity (Wildman–Crippen MR) is 81.2 cm³/mol. The van der Waals surface area contributed by atoms with E-state index in [2.05, 4.69) is 5.32 Å². The van der Waals surface area contributed by atoms with Gasteiger partial charge in [-0.05, 0) is 43.0 Å². The topological polar surface area (TPSA) is 66.5 Å². The minimum Gasteiger partial charge on any atom is -0.354 e. The highest BCUT2D eigenvalue weighted by Crippen LogP contribution is 2.26. The van der Waals surface area contributed by atoms with Gasteiger partial charge in [-0.25, -0.2) is 12.8 Å². The van der Waals surface area contributed by atoms with Gasteiger partial charge in [0.1, 0.15) is 11.9 Å². The molecule has 0 aliphatic carbocycles. The van der Waals surface area contributed by atoms with E-state index in [0.29, 0.717) is 31.8 Å². The number of hydrogen-bond acceptors (Lipinski definition) is 3. The van der Waals surface area contributed by atoms with Crippen LogP contribution in [-0.2, 0) is 14.8 Å². The van der Waals surface area contributed by atoms with E-state index in [4.69, 9.17) is 0 Å². The highest BCUT2D eigenvalue weighted by molar-refractivity contribution is 7.89. The molecule has 0 saturated carbocycles. The van der Waals surface area contributed by atoms with Crippen LogP contribution in [0.1, 0.15) is 26.7 Å². The van der Waals surface area contributed by atoms with Crippen LogP contribution in [0.25, 0.3) is 0 Å². The lowest BCUT2D eigenvalue weighted by Crippen LogP contribution is -2.46. The molecule has 122 valence electrons. The summed E-state index contributed by atoms with van der Waals surface area (Å²) in [5.74, 6) is -0.462. The first-order valence-electron chi connectivity index (χ1n) is 7.37. The van der Waals surface area contributed by atoms with Crippen LogP contribution in [0.5, 0.6) is 0 Å². The third-order valence-corrected chi connectivity index (χ3v) is 5.53. The summed E-state index contributed by atoms with van der Waals surface area (Å²) >= 11 is 0. The van der Waals surface area contributed by atoms with Crippen molar-refractivity contribution in [3.8, 4) is 0 Å². The Bertz CT molecular complexity index is 629. The molecule has 22 heavy (non-hydrogen) atoms. The van der Waals surface area contributed by atoms with Gasteiger partial charge in [0.2, 0.25) is 15.9 Å². The van der Waals surface area contributed by atoms with Crippen LogP contribution in [0.2, 0.25) is 0 Å². The number of hydrogen-bond donors (Lipinski definition) is 1. The van der Waals surface area contributed by atoms with E-state index < -0.39 is 21.9 Å². The fourth-order valence-corrected chi connectivity index (χ4v) is 4.11. The molecule has 2 rings (SSSR count). The van der Waals surface area contributed by atoms with Gasteiger partial charge in [-0.1, -0.05) is 13.8 Å². The summed E-state index contributed by atoms with van der Waals surface area (Å²) in [4.78, 5) is 12.2. The Hall–Kier alpha value is -1.47. The molecule has 1 aliphatic rings. The van der Waals surface area contributed by atoms with Crippen LogP contribution < -0.4 is 5.32 Å². The molecule has 1 N–H and O–H groups in total. The summed E-state index contributed by atoms with van der Waals surface area (Å²) in [6.07, 6.45) is 1.14. The fraction of sp³-hybridized carbons (Fsp3) is 0.533. The van der Waals surface area contributed by atoms with Gasteiger partial charge in [0.15, 0.2) is 0 Å². The zero-order valence-electron chi connectivity index (χ0n) is 12.8. The van der Waals surface area contributed by atoms with Crippen molar-refractivity contribution >= 4 is 15.9 Å². The van der Waals surface area contributed by atoms with E-state index in [1.165, 1.54) is 16.4 Å². The number of nitrogens with one attached hydrogen (secondary N) is 1. The van der Waals surface area contributed by atoms with Crippen molar-refractivity contribution in [1.29, 1.82) is 0 Å². The smallest absolute Gasteiger partial charge is 0.243 e. The average molecular weight is 328 g/mol. The summed E-state index contributed by atoms with van der Waals surface area (Å²) in [7, 11) is -3.78. The number of amides is 1. The zero-order chi connectivity index (χ0) is 16.3. The number of nitrogens with zero attached hydrogens (tertiary/aromatic N) is 1. The van der Waals surface area contributed by atoms with Crippen LogP contribution in [0, 0.1) is 11.7 Å². The Morgan fingerprint density at radius 3 is 2.59 bits per heavy atom. The van der Waals surface area contributed by atoms with Crippen molar-refractivity contribution in [3.05, 3.63) is 30.1 Å². The Morgan fingerprint density at radius 2 is 2.00 bits per heavy atom. The second kappa shape index (κ2) is 6.75. The molecule has 1 heterocycles. The van der Waals surface area contributed by atoms with Crippen LogP contribution >= 0.6 is 0 Å². The first-order chi connectivity index (χ1) is 10.3. The lowest BCUT2D eigenvalue weighted by Gasteiger charge is -2.23. The van der Waals surface area contributed by atoms with Crippen molar-refractivity contribution in [2.75, 3.05) is 13.1 Å². The molecule has 0 bridgehead atoms. The normalized spacial score (nSPS) is 19.5. The zero-order valence-corrected chi connectivity index (χ0v) is 13.6. The number of sulfonamides is 1. The minimum atomic E-state index is -3.78. The summed E-state index contributed by atoms with van der Waals surface area (Å²) < 4.78 is 39.4. The van der Waals surface area contributed by atoms with Gasteiger partial charge in [0, 0.05) is 13.1 Å². The molecule has 5 nitrogen and oxygen atoms in total. The Kier molecular flexibility index (Phi) is 5.18. The molecule has 1 aliphatic heterocycles. The van der Waals surface area contributed by atoms with E-state index in [1.807, 2.05) is 13.8 Å². The maximum Gasteiger partial charge on any atom is 0.243 e. The van der Waals surface area contributed by atoms with E-state index >= 15 is 0 Å². The quantitative estimate of drug-likeness (QED) is 0.895. The fourth-order valence-electron chi connectivity index (χ4n) is 2.45. The van der Waals surface area contributed by atoms with Crippen LogP contribution in [0.4, 0.5) is 4.39 Å². The van der Waals surface area contributed by atoms with Crippen molar-refractivity contribution in [3.63, 3.8) is 0 Å². The molecule has 0 aromatic heterocycles. The Morgan fingerprint density at radius 1 is 1.36 bits per heavy atom.